The van der Waals surface area contributed by atoms with Gasteiger partial charge >= 0.3 is 0 Å². The highest BCUT2D eigenvalue weighted by Crippen LogP contribution is 2.29. The van der Waals surface area contributed by atoms with Crippen molar-refractivity contribution in [1.29, 1.82) is 0 Å². The van der Waals surface area contributed by atoms with Crippen LogP contribution in [0, 0.1) is 19.8 Å². The summed E-state index contributed by atoms with van der Waals surface area (Å²) in [5.41, 5.74) is 4.82. The third kappa shape index (κ3) is 6.07. The molecule has 1 N–H and O–H groups in total. The van der Waals surface area contributed by atoms with Gasteiger partial charge in [0.1, 0.15) is 11.8 Å². The number of ketones is 1. The molecule has 3 aromatic rings. The number of carbonyl (C=O) groups is 2. The first-order valence-electron chi connectivity index (χ1n) is 11.7. The molecule has 0 aliphatic rings. The summed E-state index contributed by atoms with van der Waals surface area (Å²) in [6, 6.07) is 11.8. The molecule has 0 bridgehead atoms. The van der Waals surface area contributed by atoms with Crippen LogP contribution in [0.5, 0.6) is 0 Å². The zero-order valence-corrected chi connectivity index (χ0v) is 20.5. The van der Waals surface area contributed by atoms with Crippen LogP contribution in [0.25, 0.3) is 11.1 Å². The average molecular weight is 460 g/mol. The average Bonchev–Trinajstić information content (AvgIpc) is 2.77. The maximum atomic E-state index is 13.5. The van der Waals surface area contributed by atoms with E-state index in [1.807, 2.05) is 26.0 Å². The Bertz CT molecular complexity index is 1210. The van der Waals surface area contributed by atoms with E-state index in [0.717, 1.165) is 27.8 Å². The number of aromatic nitrogens is 2. The molecule has 0 saturated heterocycles. The van der Waals surface area contributed by atoms with Crippen molar-refractivity contribution in [1.82, 2.24) is 14.9 Å². The first kappa shape index (κ1) is 25.1. The van der Waals surface area contributed by atoms with Gasteiger partial charge in [0, 0.05) is 36.6 Å². The van der Waals surface area contributed by atoms with Crippen LogP contribution in [0.15, 0.2) is 65.8 Å². The Hall–Kier alpha value is -3.54. The lowest BCUT2D eigenvalue weighted by molar-refractivity contribution is -0.126. The molecule has 6 nitrogen and oxygen atoms in total. The zero-order chi connectivity index (χ0) is 24.8. The number of nitrogens with one attached hydrogen (secondary N) is 1. The van der Waals surface area contributed by atoms with Crippen LogP contribution in [-0.4, -0.2) is 21.2 Å². The molecule has 2 heterocycles. The molecule has 0 unspecified atom stereocenters. The molecule has 0 aliphatic carbocycles. The smallest absolute Gasteiger partial charge is 0.251 e. The van der Waals surface area contributed by atoms with E-state index in [4.69, 9.17) is 0 Å². The maximum Gasteiger partial charge on any atom is 0.251 e. The summed E-state index contributed by atoms with van der Waals surface area (Å²) in [4.78, 5) is 42.5. The number of nitrogens with zero attached hydrogens (tertiary/aromatic N) is 2. The third-order valence-corrected chi connectivity index (χ3v) is 5.92. The highest BCUT2D eigenvalue weighted by Gasteiger charge is 2.26. The van der Waals surface area contributed by atoms with Crippen LogP contribution in [0.2, 0.25) is 0 Å². The Kier molecular flexibility index (Phi) is 8.16. The second-order valence-electron chi connectivity index (χ2n) is 9.33. The van der Waals surface area contributed by atoms with Crippen LogP contribution >= 0.6 is 0 Å². The number of hydrogen-bond acceptors (Lipinski definition) is 4. The predicted octanol–water partition coefficient (Wildman–Crippen LogP) is 4.95. The van der Waals surface area contributed by atoms with Crippen molar-refractivity contribution < 1.29 is 9.59 Å². The summed E-state index contributed by atoms with van der Waals surface area (Å²) in [5.74, 6) is -0.131. The fraction of sp³-hybridized carbons (Fsp3) is 0.357. The van der Waals surface area contributed by atoms with Gasteiger partial charge in [-0.15, -0.1) is 0 Å². The molecule has 0 radical (unpaired) electrons. The molecule has 2 aromatic heterocycles. The Morgan fingerprint density at radius 2 is 1.74 bits per heavy atom. The highest BCUT2D eigenvalue weighted by atomic mass is 16.2. The van der Waals surface area contributed by atoms with E-state index in [1.165, 1.54) is 17.6 Å². The van der Waals surface area contributed by atoms with Gasteiger partial charge < -0.3 is 9.88 Å². The fourth-order valence-corrected chi connectivity index (χ4v) is 4.35. The monoisotopic (exact) mass is 459 g/mol. The fourth-order valence-electron chi connectivity index (χ4n) is 4.35. The molecule has 0 saturated carbocycles. The molecule has 2 atom stereocenters. The van der Waals surface area contributed by atoms with Gasteiger partial charge in [0.05, 0.1) is 6.04 Å². The summed E-state index contributed by atoms with van der Waals surface area (Å²) in [6.45, 7) is 9.64. The number of rotatable bonds is 9. The maximum absolute atomic E-state index is 13.5. The minimum absolute atomic E-state index is 0.0416. The van der Waals surface area contributed by atoms with Crippen molar-refractivity contribution in [2.75, 3.05) is 0 Å². The van der Waals surface area contributed by atoms with E-state index in [1.54, 1.807) is 30.7 Å². The van der Waals surface area contributed by atoms with E-state index in [9.17, 15) is 14.4 Å². The van der Waals surface area contributed by atoms with Gasteiger partial charge in [0.2, 0.25) is 5.91 Å². The molecule has 178 valence electrons. The van der Waals surface area contributed by atoms with Gasteiger partial charge in [-0.05, 0) is 67.5 Å². The van der Waals surface area contributed by atoms with Crippen molar-refractivity contribution in [3.05, 3.63) is 88.1 Å². The number of aryl methyl sites for hydroxylation is 2. The van der Waals surface area contributed by atoms with Crippen molar-refractivity contribution >= 4 is 11.7 Å². The molecule has 0 aliphatic heterocycles. The van der Waals surface area contributed by atoms with Crippen LogP contribution in [0.1, 0.15) is 62.4 Å². The molecule has 0 spiro atoms. The predicted molar refractivity (Wildman–Crippen MR) is 135 cm³/mol. The summed E-state index contributed by atoms with van der Waals surface area (Å²) < 4.78 is 1.46. The largest absolute Gasteiger partial charge is 0.347 e. The van der Waals surface area contributed by atoms with Gasteiger partial charge in [-0.25, -0.2) is 0 Å². The van der Waals surface area contributed by atoms with Crippen molar-refractivity contribution in [2.24, 2.45) is 5.92 Å². The summed E-state index contributed by atoms with van der Waals surface area (Å²) >= 11 is 0. The van der Waals surface area contributed by atoms with Gasteiger partial charge in [-0.3, -0.25) is 19.4 Å². The molecule has 3 rings (SSSR count). The molecule has 34 heavy (non-hydrogen) atoms. The SMILES string of the molecule is CC(=O)C[C@H](NC(=O)[C@H](CC(C)C)n1ccccc1=O)c1cncc(-c2c(C)cccc2C)c1. The molecule has 1 aromatic carbocycles. The Balaban J connectivity index is 1.97. The lowest BCUT2D eigenvalue weighted by Crippen LogP contribution is -2.39. The lowest BCUT2D eigenvalue weighted by Gasteiger charge is -2.25. The second-order valence-corrected chi connectivity index (χ2v) is 9.33. The molecular formula is C28H33N3O3. The topological polar surface area (TPSA) is 81.1 Å². The minimum atomic E-state index is -0.669. The van der Waals surface area contributed by atoms with Crippen molar-refractivity contribution in [3.8, 4) is 11.1 Å². The van der Waals surface area contributed by atoms with Crippen LogP contribution in [-0.2, 0) is 9.59 Å². The van der Waals surface area contributed by atoms with E-state index in [0.29, 0.717) is 6.42 Å². The number of amides is 1. The van der Waals surface area contributed by atoms with Gasteiger partial charge in [0.15, 0.2) is 0 Å². The number of hydrogen-bond donors (Lipinski definition) is 1. The molecular weight excluding hydrogens is 426 g/mol. The Morgan fingerprint density at radius 3 is 2.35 bits per heavy atom. The minimum Gasteiger partial charge on any atom is -0.347 e. The normalized spacial score (nSPS) is 12.9. The number of Topliss-reactive ketones (excluding diaryl/α,β-unsaturated/α-hetero) is 1. The molecule has 0 fully saturated rings. The van der Waals surface area contributed by atoms with Crippen LogP contribution in [0.3, 0.4) is 0 Å². The van der Waals surface area contributed by atoms with Crippen LogP contribution < -0.4 is 10.9 Å². The number of pyridine rings is 2. The van der Waals surface area contributed by atoms with E-state index in [2.05, 4.69) is 36.3 Å². The van der Waals surface area contributed by atoms with Crippen molar-refractivity contribution in [3.63, 3.8) is 0 Å². The Labute approximate surface area is 201 Å². The second kappa shape index (κ2) is 11.1. The highest BCUT2D eigenvalue weighted by molar-refractivity contribution is 5.83. The van der Waals surface area contributed by atoms with Gasteiger partial charge in [0.25, 0.3) is 5.56 Å². The first-order valence-corrected chi connectivity index (χ1v) is 11.7. The van der Waals surface area contributed by atoms with E-state index in [-0.39, 0.29) is 29.6 Å². The summed E-state index contributed by atoms with van der Waals surface area (Å²) in [6.07, 6.45) is 5.77. The third-order valence-electron chi connectivity index (χ3n) is 5.92. The number of carbonyl (C=O) groups excluding carboxylic acids is 2. The molecule has 1 amide bonds. The van der Waals surface area contributed by atoms with Gasteiger partial charge in [-0.2, -0.15) is 0 Å². The Morgan fingerprint density at radius 1 is 1.03 bits per heavy atom. The van der Waals surface area contributed by atoms with Crippen LogP contribution in [0.4, 0.5) is 0 Å². The molecule has 6 heteroatoms. The van der Waals surface area contributed by atoms with Crippen molar-refractivity contribution in [2.45, 2.75) is 59.5 Å². The lowest BCUT2D eigenvalue weighted by atomic mass is 9.94. The standard InChI is InChI=1S/C28H33N3O3/c1-18(2)13-25(31-12-7-6-11-26(31)33)28(34)30-24(14-21(5)32)22-15-23(17-29-16-22)27-19(3)9-8-10-20(27)4/h6-12,15-18,24-25H,13-14H2,1-5H3,(H,30,34)/t24-,25-/m0/s1. The van der Waals surface area contributed by atoms with Gasteiger partial charge in [-0.1, -0.05) is 38.1 Å². The van der Waals surface area contributed by atoms with E-state index >= 15 is 0 Å². The quantitative estimate of drug-likeness (QED) is 0.491. The first-order chi connectivity index (χ1) is 16.2. The number of benzene rings is 1. The summed E-state index contributed by atoms with van der Waals surface area (Å²) in [5, 5.41) is 3.04. The van der Waals surface area contributed by atoms with E-state index < -0.39 is 12.1 Å². The summed E-state index contributed by atoms with van der Waals surface area (Å²) in [7, 11) is 0. The zero-order valence-electron chi connectivity index (χ0n) is 20.5.